The fourth-order valence-corrected chi connectivity index (χ4v) is 4.10. The Morgan fingerprint density at radius 2 is 1.96 bits per heavy atom. The van der Waals surface area contributed by atoms with Gasteiger partial charge in [0.15, 0.2) is 5.16 Å². The van der Waals surface area contributed by atoms with Crippen LogP contribution in [0.25, 0.3) is 16.6 Å². The fourth-order valence-electron chi connectivity index (χ4n) is 2.83. The van der Waals surface area contributed by atoms with Crippen molar-refractivity contribution in [2.45, 2.75) is 18.5 Å². The normalized spacial score (nSPS) is 11.5. The van der Waals surface area contributed by atoms with Gasteiger partial charge >= 0.3 is 0 Å². The molecule has 7 heteroatoms. The van der Waals surface area contributed by atoms with E-state index in [4.69, 9.17) is 28.2 Å². The van der Waals surface area contributed by atoms with Crippen LogP contribution in [-0.2, 0) is 0 Å². The molecule has 1 aromatic heterocycles. The molecule has 0 N–H and O–H groups in total. The van der Waals surface area contributed by atoms with E-state index in [1.165, 1.54) is 0 Å². The van der Waals surface area contributed by atoms with Crippen molar-refractivity contribution in [3.05, 3.63) is 62.4 Å². The smallest absolute Gasteiger partial charge is 0.266 e. The zero-order chi connectivity index (χ0) is 19.6. The lowest BCUT2D eigenvalue weighted by Gasteiger charge is -2.16. The Balaban J connectivity index is 2.15. The molecule has 0 bridgehead atoms. The monoisotopic (exact) mass is 421 g/mol. The number of thioether (sulfide) groups is 1. The number of rotatable bonds is 6. The number of benzene rings is 2. The van der Waals surface area contributed by atoms with E-state index in [-0.39, 0.29) is 5.56 Å². The minimum absolute atomic E-state index is 0.114. The highest BCUT2D eigenvalue weighted by Gasteiger charge is 2.16. The van der Waals surface area contributed by atoms with Gasteiger partial charge in [-0.1, -0.05) is 41.0 Å². The van der Waals surface area contributed by atoms with Crippen LogP contribution in [0.4, 0.5) is 0 Å². The zero-order valence-electron chi connectivity index (χ0n) is 15.5. The topological polar surface area (TPSA) is 38.1 Å². The van der Waals surface area contributed by atoms with Gasteiger partial charge in [0.05, 0.1) is 16.6 Å². The highest BCUT2D eigenvalue weighted by molar-refractivity contribution is 7.99. The van der Waals surface area contributed by atoms with E-state index in [9.17, 15) is 4.79 Å². The molecule has 4 nitrogen and oxygen atoms in total. The second-order valence-electron chi connectivity index (χ2n) is 6.59. The summed E-state index contributed by atoms with van der Waals surface area (Å²) < 4.78 is 1.66. The van der Waals surface area contributed by atoms with Crippen LogP contribution in [0.5, 0.6) is 0 Å². The van der Waals surface area contributed by atoms with Crippen molar-refractivity contribution in [2.24, 2.45) is 0 Å². The highest BCUT2D eigenvalue weighted by Crippen LogP contribution is 2.27. The molecule has 142 valence electrons. The molecule has 2 aromatic carbocycles. The quantitative estimate of drug-likeness (QED) is 0.317. The second-order valence-corrected chi connectivity index (χ2v) is 8.49. The summed E-state index contributed by atoms with van der Waals surface area (Å²) in [6.07, 6.45) is 0.996. The Labute approximate surface area is 173 Å². The van der Waals surface area contributed by atoms with Crippen molar-refractivity contribution >= 4 is 45.9 Å². The van der Waals surface area contributed by atoms with Gasteiger partial charge in [0, 0.05) is 15.8 Å². The number of aromatic nitrogens is 2. The Kier molecular flexibility index (Phi) is 6.48. The van der Waals surface area contributed by atoms with Gasteiger partial charge in [-0.25, -0.2) is 4.98 Å². The second kappa shape index (κ2) is 8.65. The molecule has 27 heavy (non-hydrogen) atoms. The average molecular weight is 422 g/mol. The van der Waals surface area contributed by atoms with Crippen molar-refractivity contribution < 1.29 is 0 Å². The molecule has 0 unspecified atom stereocenters. The van der Waals surface area contributed by atoms with Crippen LogP contribution in [-0.4, -0.2) is 40.8 Å². The van der Waals surface area contributed by atoms with Gasteiger partial charge in [-0.2, -0.15) is 0 Å². The van der Waals surface area contributed by atoms with Crippen molar-refractivity contribution in [3.8, 4) is 5.69 Å². The molecule has 0 radical (unpaired) electrons. The summed E-state index contributed by atoms with van der Waals surface area (Å²) in [5, 5.41) is 2.38. The van der Waals surface area contributed by atoms with Crippen molar-refractivity contribution in [3.63, 3.8) is 0 Å². The zero-order valence-corrected chi connectivity index (χ0v) is 17.8. The number of hydrogen-bond acceptors (Lipinski definition) is 4. The van der Waals surface area contributed by atoms with Crippen molar-refractivity contribution in [1.29, 1.82) is 0 Å². The Morgan fingerprint density at radius 1 is 1.19 bits per heavy atom. The minimum atomic E-state index is -0.114. The number of hydrogen-bond donors (Lipinski definition) is 0. The molecule has 0 amide bonds. The summed E-state index contributed by atoms with van der Waals surface area (Å²) >= 11 is 14.0. The van der Waals surface area contributed by atoms with Crippen molar-refractivity contribution in [1.82, 2.24) is 14.5 Å². The largest absolute Gasteiger partial charge is 0.309 e. The molecule has 0 atom stereocenters. The van der Waals surface area contributed by atoms with E-state index >= 15 is 0 Å². The predicted molar refractivity (Wildman–Crippen MR) is 116 cm³/mol. The standard InChI is InChI=1S/C20H21Cl2N3OS/c1-13-16(22)6-4-7-18(13)25-19(26)15-9-8-14(21)12-17(15)23-20(25)27-11-5-10-24(2)3/h4,6-9,12H,5,10-11H2,1-3H3. The first kappa shape index (κ1) is 20.2. The van der Waals surface area contributed by atoms with Gasteiger partial charge in [-0.05, 0) is 69.9 Å². The van der Waals surface area contributed by atoms with E-state index in [0.29, 0.717) is 26.1 Å². The molecule has 0 saturated heterocycles. The first-order valence-electron chi connectivity index (χ1n) is 8.64. The third-order valence-electron chi connectivity index (χ3n) is 4.26. The van der Waals surface area contributed by atoms with Gasteiger partial charge in [0.25, 0.3) is 5.56 Å². The first-order valence-corrected chi connectivity index (χ1v) is 10.4. The SMILES string of the molecule is Cc1c(Cl)cccc1-n1c(SCCCN(C)C)nc2cc(Cl)ccc2c1=O. The summed E-state index contributed by atoms with van der Waals surface area (Å²) in [5.41, 5.74) is 2.11. The molecule has 3 aromatic rings. The minimum Gasteiger partial charge on any atom is -0.309 e. The molecule has 0 spiro atoms. The molecule has 0 saturated carbocycles. The third kappa shape index (κ3) is 4.49. The number of halogens is 2. The van der Waals surface area contributed by atoms with Gasteiger partial charge in [-0.15, -0.1) is 0 Å². The van der Waals surface area contributed by atoms with E-state index in [2.05, 4.69) is 4.90 Å². The van der Waals surface area contributed by atoms with Crippen LogP contribution in [0.3, 0.4) is 0 Å². The van der Waals surface area contributed by atoms with E-state index in [0.717, 1.165) is 30.0 Å². The lowest BCUT2D eigenvalue weighted by molar-refractivity contribution is 0.410. The molecular formula is C20H21Cl2N3OS. The molecule has 0 fully saturated rings. The van der Waals surface area contributed by atoms with Crippen LogP contribution in [0.2, 0.25) is 10.0 Å². The maximum absolute atomic E-state index is 13.3. The summed E-state index contributed by atoms with van der Waals surface area (Å²) in [5.74, 6) is 0.857. The molecule has 0 aliphatic heterocycles. The summed E-state index contributed by atoms with van der Waals surface area (Å²) in [6, 6.07) is 10.7. The van der Waals surface area contributed by atoms with E-state index in [1.807, 2.05) is 39.2 Å². The summed E-state index contributed by atoms with van der Waals surface area (Å²) in [6.45, 7) is 2.89. The van der Waals surface area contributed by atoms with Crippen molar-refractivity contribution in [2.75, 3.05) is 26.4 Å². The number of nitrogens with zero attached hydrogens (tertiary/aromatic N) is 3. The highest BCUT2D eigenvalue weighted by atomic mass is 35.5. The lowest BCUT2D eigenvalue weighted by Crippen LogP contribution is -2.23. The summed E-state index contributed by atoms with van der Waals surface area (Å²) in [7, 11) is 4.10. The Morgan fingerprint density at radius 3 is 2.70 bits per heavy atom. The van der Waals surface area contributed by atoms with Gasteiger partial charge < -0.3 is 4.90 Å². The average Bonchev–Trinajstić information content (AvgIpc) is 2.61. The van der Waals surface area contributed by atoms with Crippen LogP contribution < -0.4 is 5.56 Å². The molecule has 3 rings (SSSR count). The Hall–Kier alpha value is -1.53. The first-order chi connectivity index (χ1) is 12.9. The lowest BCUT2D eigenvalue weighted by atomic mass is 10.2. The van der Waals surface area contributed by atoms with E-state index in [1.54, 1.807) is 34.5 Å². The maximum Gasteiger partial charge on any atom is 0.266 e. The third-order valence-corrected chi connectivity index (χ3v) is 5.93. The van der Waals surface area contributed by atoms with Gasteiger partial charge in [0.2, 0.25) is 0 Å². The molecule has 0 aliphatic carbocycles. The number of fused-ring (bicyclic) bond motifs is 1. The van der Waals surface area contributed by atoms with Crippen LogP contribution in [0, 0.1) is 6.92 Å². The maximum atomic E-state index is 13.3. The predicted octanol–water partition coefficient (Wildman–Crippen LogP) is 5.04. The van der Waals surface area contributed by atoms with Gasteiger partial charge in [-0.3, -0.25) is 9.36 Å². The van der Waals surface area contributed by atoms with Gasteiger partial charge in [0.1, 0.15) is 0 Å². The van der Waals surface area contributed by atoms with E-state index < -0.39 is 0 Å². The molecule has 0 aliphatic rings. The fraction of sp³-hybridized carbons (Fsp3) is 0.300. The van der Waals surface area contributed by atoms with Crippen LogP contribution in [0.1, 0.15) is 12.0 Å². The molecular weight excluding hydrogens is 401 g/mol. The van der Waals surface area contributed by atoms with Crippen LogP contribution >= 0.6 is 35.0 Å². The Bertz CT molecular complexity index is 1030. The molecule has 1 heterocycles. The summed E-state index contributed by atoms with van der Waals surface area (Å²) in [4.78, 5) is 20.2. The van der Waals surface area contributed by atoms with Crippen LogP contribution in [0.15, 0.2) is 46.3 Å².